The summed E-state index contributed by atoms with van der Waals surface area (Å²) in [4.78, 5) is 0. The fourth-order valence-electron chi connectivity index (χ4n) is 4.17. The molecule has 0 bridgehead atoms. The first kappa shape index (κ1) is 19.6. The molecule has 0 saturated heterocycles. The van der Waals surface area contributed by atoms with Gasteiger partial charge in [0.2, 0.25) is 0 Å². The fourth-order valence-corrected chi connectivity index (χ4v) is 4.17. The van der Waals surface area contributed by atoms with Crippen molar-refractivity contribution in [1.82, 2.24) is 0 Å². The zero-order valence-corrected chi connectivity index (χ0v) is 15.8. The second kappa shape index (κ2) is 7.62. The third kappa shape index (κ3) is 3.54. The topological polar surface area (TPSA) is 0 Å². The van der Waals surface area contributed by atoms with Crippen molar-refractivity contribution in [2.75, 3.05) is 0 Å². The molecule has 0 spiro atoms. The minimum absolute atomic E-state index is 0.0103. The van der Waals surface area contributed by atoms with Gasteiger partial charge in [0, 0.05) is 16.7 Å². The molecule has 0 aliphatic heterocycles. The summed E-state index contributed by atoms with van der Waals surface area (Å²) in [7, 11) is 0. The molecule has 1 aliphatic carbocycles. The van der Waals surface area contributed by atoms with E-state index in [-0.39, 0.29) is 23.1 Å². The Labute approximate surface area is 166 Å². The monoisotopic (exact) mass is 402 g/mol. The average Bonchev–Trinajstić information content (AvgIpc) is 2.69. The van der Waals surface area contributed by atoms with E-state index in [1.54, 1.807) is 0 Å². The maximum atomic E-state index is 14.7. The molecule has 0 nitrogen and oxygen atoms in total. The van der Waals surface area contributed by atoms with E-state index in [4.69, 9.17) is 0 Å². The predicted octanol–water partition coefficient (Wildman–Crippen LogP) is 6.88. The van der Waals surface area contributed by atoms with Crippen molar-refractivity contribution in [1.29, 1.82) is 0 Å². The van der Waals surface area contributed by atoms with Crippen LogP contribution in [0.1, 0.15) is 41.5 Å². The summed E-state index contributed by atoms with van der Waals surface area (Å²) in [6.45, 7) is 1.83. The van der Waals surface area contributed by atoms with Gasteiger partial charge in [0.1, 0.15) is 17.5 Å². The molecule has 3 aromatic carbocycles. The summed E-state index contributed by atoms with van der Waals surface area (Å²) in [5, 5.41) is 0. The highest BCUT2D eigenvalue weighted by molar-refractivity contribution is 5.67. The second-order valence-electron chi connectivity index (χ2n) is 7.47. The molecular weight excluding hydrogens is 383 g/mol. The third-order valence-corrected chi connectivity index (χ3v) is 5.71. The van der Waals surface area contributed by atoms with Crippen molar-refractivity contribution in [3.63, 3.8) is 0 Å². The van der Waals surface area contributed by atoms with Gasteiger partial charge in [-0.2, -0.15) is 0 Å². The van der Waals surface area contributed by atoms with Crippen molar-refractivity contribution in [3.8, 4) is 11.1 Å². The lowest BCUT2D eigenvalue weighted by Crippen LogP contribution is -2.16. The first-order valence-corrected chi connectivity index (χ1v) is 9.62. The normalized spacial score (nSPS) is 16.0. The lowest BCUT2D eigenvalue weighted by atomic mass is 9.78. The molecular formula is C24H19F5. The zero-order chi connectivity index (χ0) is 20.7. The van der Waals surface area contributed by atoms with Crippen molar-refractivity contribution < 1.29 is 22.0 Å². The molecule has 0 saturated carbocycles. The molecule has 3 aromatic rings. The number of benzene rings is 3. The van der Waals surface area contributed by atoms with Crippen LogP contribution in [0.15, 0.2) is 42.5 Å². The molecule has 150 valence electrons. The highest BCUT2D eigenvalue weighted by Gasteiger charge is 2.27. The van der Waals surface area contributed by atoms with Crippen LogP contribution in [0.5, 0.6) is 0 Å². The second-order valence-corrected chi connectivity index (χ2v) is 7.47. The Morgan fingerprint density at radius 3 is 2.21 bits per heavy atom. The number of hydrogen-bond donors (Lipinski definition) is 0. The molecule has 0 amide bonds. The molecule has 5 heteroatoms. The summed E-state index contributed by atoms with van der Waals surface area (Å²) in [6.07, 6.45) is 1.78. The Morgan fingerprint density at radius 1 is 0.793 bits per heavy atom. The SMILES string of the molecule is CCc1cc(F)c(C2CCc3cc(-c4cccc(F)c4F)c(F)cc3C2)c(F)c1. The lowest BCUT2D eigenvalue weighted by Gasteiger charge is -2.26. The number of halogens is 5. The van der Waals surface area contributed by atoms with E-state index >= 15 is 0 Å². The Hall–Kier alpha value is -2.69. The molecule has 1 atom stereocenters. The van der Waals surface area contributed by atoms with Gasteiger partial charge in [-0.05, 0) is 78.6 Å². The van der Waals surface area contributed by atoms with Crippen LogP contribution in [0.2, 0.25) is 0 Å². The largest absolute Gasteiger partial charge is 0.207 e. The zero-order valence-electron chi connectivity index (χ0n) is 15.8. The van der Waals surface area contributed by atoms with E-state index < -0.39 is 35.0 Å². The van der Waals surface area contributed by atoms with Gasteiger partial charge < -0.3 is 0 Å². The Morgan fingerprint density at radius 2 is 1.52 bits per heavy atom. The Balaban J connectivity index is 1.70. The first-order valence-electron chi connectivity index (χ1n) is 9.62. The van der Waals surface area contributed by atoms with E-state index in [1.165, 1.54) is 36.4 Å². The van der Waals surface area contributed by atoms with E-state index in [0.29, 0.717) is 30.4 Å². The fraction of sp³-hybridized carbons (Fsp3) is 0.250. The predicted molar refractivity (Wildman–Crippen MR) is 102 cm³/mol. The van der Waals surface area contributed by atoms with Crippen molar-refractivity contribution in [3.05, 3.63) is 93.8 Å². The molecule has 1 unspecified atom stereocenters. The molecule has 1 aliphatic rings. The highest BCUT2D eigenvalue weighted by Crippen LogP contribution is 2.38. The quantitative estimate of drug-likeness (QED) is 0.419. The number of aryl methyl sites for hydroxylation is 2. The van der Waals surface area contributed by atoms with E-state index in [9.17, 15) is 22.0 Å². The molecule has 0 radical (unpaired) electrons. The van der Waals surface area contributed by atoms with Gasteiger partial charge in [-0.3, -0.25) is 0 Å². The maximum Gasteiger partial charge on any atom is 0.166 e. The van der Waals surface area contributed by atoms with Gasteiger partial charge in [-0.25, -0.2) is 22.0 Å². The molecule has 29 heavy (non-hydrogen) atoms. The van der Waals surface area contributed by atoms with Crippen LogP contribution >= 0.6 is 0 Å². The van der Waals surface area contributed by atoms with Gasteiger partial charge in [-0.1, -0.05) is 19.1 Å². The van der Waals surface area contributed by atoms with Crippen LogP contribution in [0.25, 0.3) is 11.1 Å². The summed E-state index contributed by atoms with van der Waals surface area (Å²) in [6, 6.07) is 9.13. The van der Waals surface area contributed by atoms with Crippen LogP contribution in [-0.4, -0.2) is 0 Å². The van der Waals surface area contributed by atoms with Crippen LogP contribution < -0.4 is 0 Å². The summed E-state index contributed by atoms with van der Waals surface area (Å²) in [5.41, 5.74) is 1.90. The Kier molecular flexibility index (Phi) is 5.15. The van der Waals surface area contributed by atoms with E-state index in [2.05, 4.69) is 0 Å². The van der Waals surface area contributed by atoms with Gasteiger partial charge in [-0.15, -0.1) is 0 Å². The number of hydrogen-bond acceptors (Lipinski definition) is 0. The standard InChI is InChI=1S/C24H19F5/c1-2-13-8-21(27)23(22(28)9-13)15-7-6-14-11-18(20(26)12-16(14)10-15)17-4-3-5-19(25)24(17)29/h3-5,8-9,11-12,15H,2,6-7,10H2,1H3. The first-order chi connectivity index (χ1) is 13.9. The van der Waals surface area contributed by atoms with Crippen molar-refractivity contribution >= 4 is 0 Å². The van der Waals surface area contributed by atoms with Gasteiger partial charge >= 0.3 is 0 Å². The van der Waals surface area contributed by atoms with E-state index in [0.717, 1.165) is 11.6 Å². The van der Waals surface area contributed by atoms with Crippen LogP contribution in [0.3, 0.4) is 0 Å². The number of fused-ring (bicyclic) bond motifs is 1. The van der Waals surface area contributed by atoms with Crippen molar-refractivity contribution in [2.24, 2.45) is 0 Å². The van der Waals surface area contributed by atoms with Gasteiger partial charge in [0.25, 0.3) is 0 Å². The maximum absolute atomic E-state index is 14.7. The molecule has 0 aromatic heterocycles. The minimum atomic E-state index is -1.10. The van der Waals surface area contributed by atoms with Crippen LogP contribution in [-0.2, 0) is 19.3 Å². The molecule has 0 N–H and O–H groups in total. The van der Waals surface area contributed by atoms with Gasteiger partial charge in [0.05, 0.1) is 0 Å². The van der Waals surface area contributed by atoms with Crippen molar-refractivity contribution in [2.45, 2.75) is 38.5 Å². The number of rotatable bonds is 3. The van der Waals surface area contributed by atoms with Crippen LogP contribution in [0.4, 0.5) is 22.0 Å². The van der Waals surface area contributed by atoms with E-state index in [1.807, 2.05) is 6.92 Å². The Bertz CT molecular complexity index is 1060. The molecule has 0 heterocycles. The third-order valence-electron chi connectivity index (χ3n) is 5.71. The smallest absolute Gasteiger partial charge is 0.166 e. The van der Waals surface area contributed by atoms with Gasteiger partial charge in [0.15, 0.2) is 11.6 Å². The van der Waals surface area contributed by atoms with Crippen LogP contribution in [0, 0.1) is 29.1 Å². The molecule has 0 fully saturated rings. The average molecular weight is 402 g/mol. The highest BCUT2D eigenvalue weighted by atomic mass is 19.2. The molecule has 4 rings (SSSR count). The summed E-state index contributed by atoms with van der Waals surface area (Å²) < 4.78 is 71.4. The summed E-state index contributed by atoms with van der Waals surface area (Å²) >= 11 is 0. The minimum Gasteiger partial charge on any atom is -0.207 e. The summed E-state index contributed by atoms with van der Waals surface area (Å²) in [5.74, 6) is -4.37. The lowest BCUT2D eigenvalue weighted by molar-refractivity contribution is 0.488.